The smallest absolute Gasteiger partial charge is 0.408 e. The standard InChI is InChI=1S/C20H21N3O4/c1-13-9-10-14(19(25)21-2)12-15(13)22-18(24)8-5-11-23-16-6-3-4-7-17(16)27-20(23)26/h3-4,6-7,9-10,12H,5,8,11H2,1-2H3,(H,21,25)(H,22,24). The fourth-order valence-corrected chi connectivity index (χ4v) is 2.88. The fraction of sp³-hybridized carbons (Fsp3) is 0.250. The lowest BCUT2D eigenvalue weighted by atomic mass is 10.1. The van der Waals surface area contributed by atoms with Crippen LogP contribution in [0.4, 0.5) is 5.69 Å². The minimum absolute atomic E-state index is 0.173. The quantitative estimate of drug-likeness (QED) is 0.700. The van der Waals surface area contributed by atoms with Crippen LogP contribution < -0.4 is 16.4 Å². The SMILES string of the molecule is CNC(=O)c1ccc(C)c(NC(=O)CCCn2c(=O)oc3ccccc32)c1. The third-order valence-corrected chi connectivity index (χ3v) is 4.36. The lowest BCUT2D eigenvalue weighted by Gasteiger charge is -2.10. The molecule has 27 heavy (non-hydrogen) atoms. The number of amides is 2. The van der Waals surface area contributed by atoms with Gasteiger partial charge in [0, 0.05) is 31.3 Å². The van der Waals surface area contributed by atoms with Gasteiger partial charge in [-0.05, 0) is 43.2 Å². The molecule has 7 heteroatoms. The van der Waals surface area contributed by atoms with E-state index in [0.717, 1.165) is 11.1 Å². The Bertz CT molecular complexity index is 1050. The van der Waals surface area contributed by atoms with Gasteiger partial charge in [-0.15, -0.1) is 0 Å². The molecule has 0 radical (unpaired) electrons. The van der Waals surface area contributed by atoms with Gasteiger partial charge in [-0.1, -0.05) is 18.2 Å². The second-order valence-electron chi connectivity index (χ2n) is 6.25. The van der Waals surface area contributed by atoms with Gasteiger partial charge in [-0.3, -0.25) is 14.2 Å². The van der Waals surface area contributed by atoms with Gasteiger partial charge in [0.1, 0.15) is 0 Å². The summed E-state index contributed by atoms with van der Waals surface area (Å²) in [5.74, 6) is -0.810. The molecule has 0 saturated heterocycles. The maximum Gasteiger partial charge on any atom is 0.419 e. The van der Waals surface area contributed by atoms with E-state index in [9.17, 15) is 14.4 Å². The van der Waals surface area contributed by atoms with Crippen LogP contribution in [-0.4, -0.2) is 23.4 Å². The predicted octanol–water partition coefficient (Wildman–Crippen LogP) is 2.68. The van der Waals surface area contributed by atoms with Crippen molar-refractivity contribution < 1.29 is 14.0 Å². The Morgan fingerprint density at radius 3 is 2.70 bits per heavy atom. The van der Waals surface area contributed by atoms with Crippen molar-refractivity contribution >= 4 is 28.6 Å². The first kappa shape index (κ1) is 18.4. The van der Waals surface area contributed by atoms with Crippen LogP contribution in [0.5, 0.6) is 0 Å². The van der Waals surface area contributed by atoms with Gasteiger partial charge in [-0.2, -0.15) is 0 Å². The second kappa shape index (κ2) is 7.90. The number of oxazole rings is 1. The van der Waals surface area contributed by atoms with Gasteiger partial charge in [0.25, 0.3) is 5.91 Å². The fourth-order valence-electron chi connectivity index (χ4n) is 2.88. The van der Waals surface area contributed by atoms with Gasteiger partial charge >= 0.3 is 5.76 Å². The number of hydrogen-bond donors (Lipinski definition) is 2. The molecule has 0 aliphatic rings. The minimum Gasteiger partial charge on any atom is -0.408 e. The topological polar surface area (TPSA) is 93.3 Å². The van der Waals surface area contributed by atoms with E-state index in [2.05, 4.69) is 10.6 Å². The maximum atomic E-state index is 12.3. The Morgan fingerprint density at radius 1 is 1.15 bits per heavy atom. The normalized spacial score (nSPS) is 10.7. The molecule has 140 valence electrons. The number of carbonyl (C=O) groups excluding carboxylic acids is 2. The van der Waals surface area contributed by atoms with Crippen LogP contribution in [0.1, 0.15) is 28.8 Å². The lowest BCUT2D eigenvalue weighted by Crippen LogP contribution is -2.19. The van der Waals surface area contributed by atoms with Crippen LogP contribution in [0, 0.1) is 6.92 Å². The number of hydrogen-bond acceptors (Lipinski definition) is 4. The van der Waals surface area contributed by atoms with Gasteiger partial charge in [0.2, 0.25) is 5.91 Å². The number of benzene rings is 2. The molecular formula is C20H21N3O4. The van der Waals surface area contributed by atoms with Crippen molar-refractivity contribution in [2.75, 3.05) is 12.4 Å². The van der Waals surface area contributed by atoms with Crippen LogP contribution in [-0.2, 0) is 11.3 Å². The van der Waals surface area contributed by atoms with Crippen molar-refractivity contribution in [3.05, 3.63) is 64.1 Å². The number of aromatic nitrogens is 1. The molecule has 2 amide bonds. The highest BCUT2D eigenvalue weighted by Crippen LogP contribution is 2.18. The Balaban J connectivity index is 1.62. The Labute approximate surface area is 156 Å². The average Bonchev–Trinajstić information content (AvgIpc) is 2.98. The van der Waals surface area contributed by atoms with E-state index in [0.29, 0.717) is 29.8 Å². The molecule has 0 aliphatic heterocycles. The van der Waals surface area contributed by atoms with Crippen LogP contribution in [0.3, 0.4) is 0 Å². The molecule has 0 spiro atoms. The summed E-state index contributed by atoms with van der Waals surface area (Å²) in [5, 5.41) is 5.39. The number of nitrogens with one attached hydrogen (secondary N) is 2. The summed E-state index contributed by atoms with van der Waals surface area (Å²) in [4.78, 5) is 35.9. The molecule has 7 nitrogen and oxygen atoms in total. The van der Waals surface area contributed by atoms with Crippen molar-refractivity contribution in [2.45, 2.75) is 26.3 Å². The minimum atomic E-state index is -0.425. The molecule has 0 bridgehead atoms. The largest absolute Gasteiger partial charge is 0.419 e. The molecule has 0 atom stereocenters. The van der Waals surface area contributed by atoms with E-state index in [-0.39, 0.29) is 18.2 Å². The summed E-state index contributed by atoms with van der Waals surface area (Å²) < 4.78 is 6.71. The first-order valence-corrected chi connectivity index (χ1v) is 8.70. The molecule has 2 aromatic carbocycles. The van der Waals surface area contributed by atoms with E-state index in [4.69, 9.17) is 4.42 Å². The number of aryl methyl sites for hydroxylation is 2. The monoisotopic (exact) mass is 367 g/mol. The molecule has 0 saturated carbocycles. The van der Waals surface area contributed by atoms with Gasteiger partial charge in [0.05, 0.1) is 5.52 Å². The summed E-state index contributed by atoms with van der Waals surface area (Å²) in [6, 6.07) is 12.3. The molecule has 3 aromatic rings. The molecule has 1 aromatic heterocycles. The summed E-state index contributed by atoms with van der Waals surface area (Å²) >= 11 is 0. The lowest BCUT2D eigenvalue weighted by molar-refractivity contribution is -0.116. The summed E-state index contributed by atoms with van der Waals surface area (Å²) in [5.41, 5.74) is 3.21. The molecule has 0 unspecified atom stereocenters. The highest BCUT2D eigenvalue weighted by atomic mass is 16.4. The zero-order valence-corrected chi connectivity index (χ0v) is 15.2. The third kappa shape index (κ3) is 4.08. The third-order valence-electron chi connectivity index (χ3n) is 4.36. The van der Waals surface area contributed by atoms with Crippen LogP contribution >= 0.6 is 0 Å². The molecular weight excluding hydrogens is 346 g/mol. The van der Waals surface area contributed by atoms with Crippen LogP contribution in [0.25, 0.3) is 11.1 Å². The molecule has 0 aliphatic carbocycles. The van der Waals surface area contributed by atoms with E-state index >= 15 is 0 Å². The van der Waals surface area contributed by atoms with Crippen molar-refractivity contribution in [3.8, 4) is 0 Å². The van der Waals surface area contributed by atoms with Gasteiger partial charge in [-0.25, -0.2) is 4.79 Å². The zero-order valence-electron chi connectivity index (χ0n) is 15.2. The molecule has 2 N–H and O–H groups in total. The Kier molecular flexibility index (Phi) is 5.40. The Hall–Kier alpha value is -3.35. The average molecular weight is 367 g/mol. The summed E-state index contributed by atoms with van der Waals surface area (Å²) in [7, 11) is 1.56. The van der Waals surface area contributed by atoms with E-state index in [1.165, 1.54) is 4.57 Å². The zero-order chi connectivity index (χ0) is 19.4. The number of para-hydroxylation sites is 2. The molecule has 1 heterocycles. The summed E-state index contributed by atoms with van der Waals surface area (Å²) in [6.45, 7) is 2.25. The van der Waals surface area contributed by atoms with Crippen molar-refractivity contribution in [2.24, 2.45) is 0 Å². The van der Waals surface area contributed by atoms with E-state index in [1.807, 2.05) is 19.1 Å². The van der Waals surface area contributed by atoms with E-state index in [1.54, 1.807) is 37.4 Å². The first-order chi connectivity index (χ1) is 13.0. The highest BCUT2D eigenvalue weighted by Gasteiger charge is 2.11. The van der Waals surface area contributed by atoms with Gasteiger partial charge in [0.15, 0.2) is 5.58 Å². The molecule has 0 fully saturated rings. The van der Waals surface area contributed by atoms with Crippen molar-refractivity contribution in [3.63, 3.8) is 0 Å². The Morgan fingerprint density at radius 2 is 1.93 bits per heavy atom. The van der Waals surface area contributed by atoms with E-state index < -0.39 is 5.76 Å². The second-order valence-corrected chi connectivity index (χ2v) is 6.25. The number of anilines is 1. The highest BCUT2D eigenvalue weighted by molar-refractivity contribution is 5.97. The van der Waals surface area contributed by atoms with Gasteiger partial charge < -0.3 is 15.1 Å². The van der Waals surface area contributed by atoms with Crippen molar-refractivity contribution in [1.29, 1.82) is 0 Å². The predicted molar refractivity (Wildman–Crippen MR) is 103 cm³/mol. The number of nitrogens with zero attached hydrogens (tertiary/aromatic N) is 1. The number of carbonyl (C=O) groups is 2. The number of fused-ring (bicyclic) bond motifs is 1. The summed E-state index contributed by atoms with van der Waals surface area (Å²) in [6.07, 6.45) is 0.735. The first-order valence-electron chi connectivity index (χ1n) is 8.70. The molecule has 3 rings (SSSR count). The van der Waals surface area contributed by atoms with Crippen molar-refractivity contribution in [1.82, 2.24) is 9.88 Å². The van der Waals surface area contributed by atoms with Crippen LogP contribution in [0.15, 0.2) is 51.7 Å². The number of rotatable bonds is 6. The maximum absolute atomic E-state index is 12.3. The van der Waals surface area contributed by atoms with Crippen LogP contribution in [0.2, 0.25) is 0 Å².